The molecule has 0 amide bonds. The molecule has 2 aromatic rings. The van der Waals surface area contributed by atoms with E-state index in [1.807, 2.05) is 32.9 Å². The molecular weight excluding hydrogens is 453 g/mol. The summed E-state index contributed by atoms with van der Waals surface area (Å²) in [5.41, 5.74) is 2.43. The Morgan fingerprint density at radius 1 is 1.18 bits per heavy atom. The normalized spacial score (nSPS) is 17.3. The first-order chi connectivity index (χ1) is 15.5. The molecule has 1 aliphatic heterocycles. The lowest BCUT2D eigenvalue weighted by Gasteiger charge is -2.31. The maximum absolute atomic E-state index is 12.9. The molecule has 0 saturated carbocycles. The third kappa shape index (κ3) is 6.10. The third-order valence-corrected chi connectivity index (χ3v) is 6.45. The maximum atomic E-state index is 12.9. The van der Waals surface area contributed by atoms with Gasteiger partial charge >= 0.3 is 12.1 Å². The van der Waals surface area contributed by atoms with Crippen LogP contribution < -0.4 is 9.75 Å². The molecule has 176 valence electrons. The van der Waals surface area contributed by atoms with Gasteiger partial charge in [0.1, 0.15) is 5.75 Å². The van der Waals surface area contributed by atoms with Gasteiger partial charge in [-0.1, -0.05) is 13.0 Å². The number of thioether (sulfide) groups is 1. The molecule has 1 heterocycles. The molecule has 2 aromatic carbocycles. The monoisotopic (exact) mass is 478 g/mol. The quantitative estimate of drug-likeness (QED) is 0.468. The summed E-state index contributed by atoms with van der Waals surface area (Å²) in [6.45, 7) is 7.37. The van der Waals surface area contributed by atoms with Crippen LogP contribution in [0, 0.1) is 12.8 Å². The van der Waals surface area contributed by atoms with E-state index in [1.54, 1.807) is 22.8 Å². The Morgan fingerprint density at radius 2 is 1.85 bits per heavy atom. The number of aryl methyl sites for hydroxylation is 1. The van der Waals surface area contributed by atoms with Gasteiger partial charge in [-0.3, -0.25) is 0 Å². The molecule has 9 heteroatoms. The highest BCUT2D eigenvalue weighted by molar-refractivity contribution is 8.00. The Balaban J connectivity index is 1.71. The summed E-state index contributed by atoms with van der Waals surface area (Å²) in [6, 6.07) is 10.6. The van der Waals surface area contributed by atoms with Crippen LogP contribution in [0.15, 0.2) is 64.2 Å². The van der Waals surface area contributed by atoms with E-state index in [4.69, 9.17) is 9.84 Å². The molecule has 0 aliphatic carbocycles. The smallest absolute Gasteiger partial charge is 0.416 e. The highest BCUT2D eigenvalue weighted by Gasteiger charge is 2.31. The molecule has 5 nitrogen and oxygen atoms in total. The van der Waals surface area contributed by atoms with Crippen molar-refractivity contribution in [1.29, 1.82) is 0 Å². The molecule has 2 unspecified atom stereocenters. The number of carboxylic acids is 1. The highest BCUT2D eigenvalue weighted by atomic mass is 32.2. The minimum Gasteiger partial charge on any atom is -0.482 e. The number of ether oxygens (including phenoxy) is 1. The van der Waals surface area contributed by atoms with Crippen molar-refractivity contribution in [3.63, 3.8) is 0 Å². The van der Waals surface area contributed by atoms with Gasteiger partial charge in [0.2, 0.25) is 0 Å². The zero-order chi connectivity index (χ0) is 24.3. The predicted molar refractivity (Wildman–Crippen MR) is 124 cm³/mol. The average molecular weight is 479 g/mol. The van der Waals surface area contributed by atoms with Gasteiger partial charge in [-0.25, -0.2) is 9.80 Å². The van der Waals surface area contributed by atoms with Crippen LogP contribution >= 0.6 is 11.8 Å². The van der Waals surface area contributed by atoms with Crippen molar-refractivity contribution < 1.29 is 27.8 Å². The molecule has 1 N–H and O–H groups in total. The average Bonchev–Trinajstić information content (AvgIpc) is 2.73. The van der Waals surface area contributed by atoms with E-state index in [0.29, 0.717) is 11.4 Å². The molecule has 33 heavy (non-hydrogen) atoms. The van der Waals surface area contributed by atoms with Gasteiger partial charge in [0.15, 0.2) is 6.61 Å². The zero-order valence-electron chi connectivity index (χ0n) is 18.7. The molecule has 0 fully saturated rings. The van der Waals surface area contributed by atoms with Gasteiger partial charge in [-0.2, -0.15) is 18.3 Å². The molecule has 0 spiro atoms. The van der Waals surface area contributed by atoms with E-state index in [9.17, 15) is 18.0 Å². The van der Waals surface area contributed by atoms with Crippen molar-refractivity contribution >= 4 is 29.1 Å². The van der Waals surface area contributed by atoms with Crippen molar-refractivity contribution in [2.45, 2.75) is 44.0 Å². The Kier molecular flexibility index (Phi) is 7.41. The van der Waals surface area contributed by atoms with Gasteiger partial charge in [-0.15, -0.1) is 11.8 Å². The van der Waals surface area contributed by atoms with Gasteiger partial charge in [-0.05, 0) is 68.8 Å². The fraction of sp³-hybridized carbons (Fsp3) is 0.333. The van der Waals surface area contributed by atoms with Crippen LogP contribution in [0.5, 0.6) is 5.75 Å². The van der Waals surface area contributed by atoms with Crippen LogP contribution in [0.4, 0.5) is 18.9 Å². The Bertz CT molecular complexity index is 1080. The minimum atomic E-state index is -4.37. The molecule has 0 saturated heterocycles. The zero-order valence-corrected chi connectivity index (χ0v) is 19.5. The first-order valence-corrected chi connectivity index (χ1v) is 11.2. The molecule has 0 bridgehead atoms. The van der Waals surface area contributed by atoms with E-state index in [2.05, 4.69) is 18.1 Å². The molecule has 3 rings (SSSR count). The lowest BCUT2D eigenvalue weighted by atomic mass is 9.98. The highest BCUT2D eigenvalue weighted by Crippen LogP contribution is 2.36. The Hall–Kier alpha value is -2.94. The lowest BCUT2D eigenvalue weighted by Crippen LogP contribution is -2.30. The van der Waals surface area contributed by atoms with Crippen LogP contribution in [0.1, 0.15) is 31.9 Å². The van der Waals surface area contributed by atoms with Crippen molar-refractivity contribution in [2.24, 2.45) is 11.0 Å². The molecule has 1 aliphatic rings. The number of hydrogen-bond acceptors (Lipinski definition) is 5. The number of carboxylic acid groups (broad SMARTS) is 1. The second-order valence-electron chi connectivity index (χ2n) is 7.86. The SMILES string of the molecule is CC1=CC(C(C)Sc2ccc(OCC(=O)O)c(C)c2)C(C)=NN1c1ccc(C(F)(F)F)cc1. The minimum absolute atomic E-state index is 0.0453. The number of rotatable bonds is 7. The largest absolute Gasteiger partial charge is 0.482 e. The number of hydrogen-bond donors (Lipinski definition) is 1. The van der Waals surface area contributed by atoms with Crippen LogP contribution in [0.25, 0.3) is 0 Å². The van der Waals surface area contributed by atoms with Crippen molar-refractivity contribution in [3.05, 3.63) is 65.4 Å². The second kappa shape index (κ2) is 9.91. The lowest BCUT2D eigenvalue weighted by molar-refractivity contribution is -0.139. The molecular formula is C24H25F3N2O3S. The Morgan fingerprint density at radius 3 is 2.42 bits per heavy atom. The second-order valence-corrected chi connectivity index (χ2v) is 9.32. The number of allylic oxidation sites excluding steroid dienone is 2. The van der Waals surface area contributed by atoms with Crippen LogP contribution in [0.2, 0.25) is 0 Å². The van der Waals surface area contributed by atoms with Gasteiger partial charge in [0.25, 0.3) is 0 Å². The summed E-state index contributed by atoms with van der Waals surface area (Å²) >= 11 is 1.66. The van der Waals surface area contributed by atoms with Crippen LogP contribution in [-0.2, 0) is 11.0 Å². The third-order valence-electron chi connectivity index (χ3n) is 5.26. The number of aliphatic carboxylic acids is 1. The summed E-state index contributed by atoms with van der Waals surface area (Å²) in [6.07, 6.45) is -2.30. The fourth-order valence-electron chi connectivity index (χ4n) is 3.57. The maximum Gasteiger partial charge on any atom is 0.416 e. The first-order valence-electron chi connectivity index (χ1n) is 10.3. The van der Waals surface area contributed by atoms with E-state index < -0.39 is 17.7 Å². The number of halogens is 3. The summed E-state index contributed by atoms with van der Waals surface area (Å²) in [4.78, 5) is 11.7. The van der Waals surface area contributed by atoms with Crippen LogP contribution in [-0.4, -0.2) is 28.6 Å². The standard InChI is InChI=1S/C24H25F3N2O3S/c1-14-11-20(9-10-22(14)32-13-23(30)31)33-17(4)21-12-15(2)29(28-16(21)3)19-7-5-18(6-8-19)24(25,26)27/h5-12,17,21H,13H2,1-4H3,(H,30,31). The topological polar surface area (TPSA) is 62.1 Å². The van der Waals surface area contributed by atoms with Crippen LogP contribution in [0.3, 0.4) is 0 Å². The summed E-state index contributed by atoms with van der Waals surface area (Å²) in [5.74, 6) is -0.447. The molecule has 0 aromatic heterocycles. The number of benzene rings is 2. The van der Waals surface area contributed by atoms with Crippen molar-refractivity contribution in [1.82, 2.24) is 0 Å². The van der Waals surface area contributed by atoms with E-state index in [1.165, 1.54) is 12.1 Å². The van der Waals surface area contributed by atoms with Crippen molar-refractivity contribution in [3.8, 4) is 5.75 Å². The molecule has 2 atom stereocenters. The number of carbonyl (C=O) groups is 1. The van der Waals surface area contributed by atoms with E-state index in [0.717, 1.165) is 34.0 Å². The summed E-state index contributed by atoms with van der Waals surface area (Å²) in [5, 5.41) is 15.2. The van der Waals surface area contributed by atoms with Gasteiger partial charge in [0, 0.05) is 27.5 Å². The fourth-order valence-corrected chi connectivity index (χ4v) is 4.81. The number of anilines is 1. The van der Waals surface area contributed by atoms with E-state index >= 15 is 0 Å². The number of hydrazone groups is 1. The number of nitrogens with zero attached hydrogens (tertiary/aromatic N) is 2. The number of alkyl halides is 3. The van der Waals surface area contributed by atoms with E-state index in [-0.39, 0.29) is 17.8 Å². The molecule has 0 radical (unpaired) electrons. The van der Waals surface area contributed by atoms with Gasteiger partial charge in [0.05, 0.1) is 11.3 Å². The summed E-state index contributed by atoms with van der Waals surface area (Å²) < 4.78 is 43.8. The first kappa shape index (κ1) is 24.7. The predicted octanol–water partition coefficient (Wildman–Crippen LogP) is 6.37. The van der Waals surface area contributed by atoms with Crippen molar-refractivity contribution in [2.75, 3.05) is 11.6 Å². The summed E-state index contributed by atoms with van der Waals surface area (Å²) in [7, 11) is 0. The Labute approximate surface area is 194 Å². The van der Waals surface area contributed by atoms with Gasteiger partial charge < -0.3 is 9.84 Å².